The molecule has 0 bridgehead atoms. The van der Waals surface area contributed by atoms with Crippen LogP contribution in [-0.2, 0) is 0 Å². The molecule has 0 aliphatic carbocycles. The van der Waals surface area contributed by atoms with Gasteiger partial charge in [0.2, 0.25) is 0 Å². The van der Waals surface area contributed by atoms with Crippen molar-refractivity contribution >= 4 is 12.2 Å². The molecule has 0 saturated heterocycles. The van der Waals surface area contributed by atoms with Crippen LogP contribution in [0.1, 0.15) is 0 Å². The fraction of sp³-hybridized carbons (Fsp3) is 0. The van der Waals surface area contributed by atoms with Crippen LogP contribution in [-0.4, -0.2) is 14.8 Å². The maximum absolute atomic E-state index is 5.92. The van der Waals surface area contributed by atoms with Crippen molar-refractivity contribution in [3.05, 3.63) is 89.7 Å². The first-order valence-corrected chi connectivity index (χ1v) is 8.28. The highest BCUT2D eigenvalue weighted by atomic mass is 32.1. The molecule has 1 aromatic heterocycles. The number of H-pyrrole nitrogens is 1. The summed E-state index contributed by atoms with van der Waals surface area (Å²) in [6.07, 6.45) is 0. The van der Waals surface area contributed by atoms with E-state index in [0.29, 0.717) is 4.77 Å². The zero-order chi connectivity index (χ0) is 17.1. The molecule has 1 N–H and O–H groups in total. The Hall–Kier alpha value is -3.18. The maximum Gasteiger partial charge on any atom is 0.200 e. The van der Waals surface area contributed by atoms with Gasteiger partial charge in [-0.05, 0) is 48.6 Å². The lowest BCUT2D eigenvalue weighted by Crippen LogP contribution is -1.97. The number of aromatic nitrogens is 3. The predicted molar refractivity (Wildman–Crippen MR) is 101 cm³/mol. The van der Waals surface area contributed by atoms with Crippen molar-refractivity contribution in [1.29, 1.82) is 0 Å². The minimum Gasteiger partial charge on any atom is -0.457 e. The van der Waals surface area contributed by atoms with E-state index in [9.17, 15) is 0 Å². The number of ether oxygens (including phenoxy) is 1. The third-order valence-corrected chi connectivity index (χ3v) is 4.03. The molecule has 0 atom stereocenters. The van der Waals surface area contributed by atoms with Crippen molar-refractivity contribution in [2.75, 3.05) is 0 Å². The van der Waals surface area contributed by atoms with E-state index in [2.05, 4.69) is 10.2 Å². The fourth-order valence-electron chi connectivity index (χ4n) is 2.63. The van der Waals surface area contributed by atoms with Gasteiger partial charge in [0.15, 0.2) is 10.6 Å². The van der Waals surface area contributed by atoms with E-state index >= 15 is 0 Å². The van der Waals surface area contributed by atoms with Crippen molar-refractivity contribution in [3.8, 4) is 28.6 Å². The zero-order valence-corrected chi connectivity index (χ0v) is 14.1. The maximum atomic E-state index is 5.92. The second-order valence-electron chi connectivity index (χ2n) is 5.47. The van der Waals surface area contributed by atoms with Gasteiger partial charge in [-0.25, -0.2) is 0 Å². The Labute approximate surface area is 150 Å². The normalized spacial score (nSPS) is 10.6. The van der Waals surface area contributed by atoms with E-state index in [1.807, 2.05) is 89.5 Å². The van der Waals surface area contributed by atoms with Gasteiger partial charge >= 0.3 is 0 Å². The Kier molecular flexibility index (Phi) is 4.14. The predicted octanol–water partition coefficient (Wildman–Crippen LogP) is 5.39. The van der Waals surface area contributed by atoms with E-state index in [1.54, 1.807) is 0 Å². The van der Waals surface area contributed by atoms with Crippen molar-refractivity contribution in [2.24, 2.45) is 0 Å². The summed E-state index contributed by atoms with van der Waals surface area (Å²) in [6, 6.07) is 27.4. The number of rotatable bonds is 4. The van der Waals surface area contributed by atoms with Gasteiger partial charge < -0.3 is 4.74 Å². The molecule has 4 rings (SSSR count). The third kappa shape index (κ3) is 3.22. The van der Waals surface area contributed by atoms with Crippen molar-refractivity contribution in [2.45, 2.75) is 0 Å². The quantitative estimate of drug-likeness (QED) is 0.504. The van der Waals surface area contributed by atoms with Gasteiger partial charge in [-0.3, -0.25) is 9.67 Å². The minimum atomic E-state index is 0.551. The molecule has 0 spiro atoms. The Bertz CT molecular complexity index is 1040. The largest absolute Gasteiger partial charge is 0.457 e. The van der Waals surface area contributed by atoms with E-state index in [-0.39, 0.29) is 0 Å². The van der Waals surface area contributed by atoms with E-state index in [4.69, 9.17) is 17.0 Å². The summed E-state index contributed by atoms with van der Waals surface area (Å²) in [7, 11) is 0. The minimum absolute atomic E-state index is 0.551. The van der Waals surface area contributed by atoms with Crippen LogP contribution >= 0.6 is 12.2 Å². The molecular formula is C20H15N3OS. The lowest BCUT2D eigenvalue weighted by molar-refractivity contribution is 0.483. The van der Waals surface area contributed by atoms with Gasteiger partial charge in [0.25, 0.3) is 0 Å². The standard InChI is InChI=1S/C20H15N3OS/c25-20-22-21-19(23(20)16-9-3-1-4-10-16)15-8-7-13-18(14-15)24-17-11-5-2-6-12-17/h1-14H,(H,22,25). The van der Waals surface area contributed by atoms with Gasteiger partial charge in [-0.2, -0.15) is 5.10 Å². The van der Waals surface area contributed by atoms with Crippen LogP contribution in [0, 0.1) is 4.77 Å². The highest BCUT2D eigenvalue weighted by Crippen LogP contribution is 2.27. The van der Waals surface area contributed by atoms with Crippen LogP contribution in [0.2, 0.25) is 0 Å². The van der Waals surface area contributed by atoms with Gasteiger partial charge in [-0.1, -0.05) is 48.5 Å². The molecule has 0 radical (unpaired) electrons. The van der Waals surface area contributed by atoms with Crippen molar-refractivity contribution in [3.63, 3.8) is 0 Å². The van der Waals surface area contributed by atoms with Crippen LogP contribution < -0.4 is 4.74 Å². The lowest BCUT2D eigenvalue weighted by Gasteiger charge is -2.09. The second-order valence-corrected chi connectivity index (χ2v) is 5.85. The zero-order valence-electron chi connectivity index (χ0n) is 13.3. The highest BCUT2D eigenvalue weighted by molar-refractivity contribution is 7.71. The van der Waals surface area contributed by atoms with Gasteiger partial charge in [0.05, 0.1) is 0 Å². The van der Waals surface area contributed by atoms with Crippen LogP contribution in [0.25, 0.3) is 17.1 Å². The molecule has 0 aliphatic heterocycles. The van der Waals surface area contributed by atoms with E-state index in [1.165, 1.54) is 0 Å². The molecule has 4 aromatic rings. The Morgan fingerprint density at radius 2 is 1.48 bits per heavy atom. The molecule has 0 aliphatic rings. The second kappa shape index (κ2) is 6.75. The SMILES string of the molecule is S=c1[nH]nc(-c2cccc(Oc3ccccc3)c2)n1-c1ccccc1. The molecule has 1 heterocycles. The lowest BCUT2D eigenvalue weighted by atomic mass is 10.2. The summed E-state index contributed by atoms with van der Waals surface area (Å²) in [6.45, 7) is 0. The summed E-state index contributed by atoms with van der Waals surface area (Å²) >= 11 is 5.41. The number of nitrogens with one attached hydrogen (secondary N) is 1. The first-order valence-electron chi connectivity index (χ1n) is 7.87. The van der Waals surface area contributed by atoms with Gasteiger partial charge in [0.1, 0.15) is 11.5 Å². The van der Waals surface area contributed by atoms with E-state index < -0.39 is 0 Å². The molecule has 4 nitrogen and oxygen atoms in total. The Morgan fingerprint density at radius 3 is 2.24 bits per heavy atom. The first kappa shape index (κ1) is 15.4. The van der Waals surface area contributed by atoms with Crippen molar-refractivity contribution < 1.29 is 4.74 Å². The third-order valence-electron chi connectivity index (χ3n) is 3.76. The number of hydrogen-bond acceptors (Lipinski definition) is 3. The number of hydrogen-bond donors (Lipinski definition) is 1. The van der Waals surface area contributed by atoms with Crippen LogP contribution in [0.5, 0.6) is 11.5 Å². The summed E-state index contributed by atoms with van der Waals surface area (Å²) in [5.41, 5.74) is 1.88. The molecule has 0 fully saturated rings. The molecule has 122 valence electrons. The summed E-state index contributed by atoms with van der Waals surface area (Å²) in [4.78, 5) is 0. The van der Waals surface area contributed by atoms with E-state index in [0.717, 1.165) is 28.6 Å². The number of aromatic amines is 1. The average Bonchev–Trinajstić information content (AvgIpc) is 3.05. The first-order chi connectivity index (χ1) is 12.3. The number of nitrogens with zero attached hydrogens (tertiary/aromatic N) is 2. The number of benzene rings is 3. The molecule has 3 aromatic carbocycles. The highest BCUT2D eigenvalue weighted by Gasteiger charge is 2.11. The topological polar surface area (TPSA) is 42.8 Å². The summed E-state index contributed by atoms with van der Waals surface area (Å²) in [5, 5.41) is 7.28. The molecule has 0 saturated carbocycles. The fourth-order valence-corrected chi connectivity index (χ4v) is 2.87. The smallest absolute Gasteiger partial charge is 0.200 e. The Balaban J connectivity index is 1.74. The molecular weight excluding hydrogens is 330 g/mol. The molecule has 5 heteroatoms. The van der Waals surface area contributed by atoms with Gasteiger partial charge in [0, 0.05) is 11.3 Å². The monoisotopic (exact) mass is 345 g/mol. The summed E-state index contributed by atoms with van der Waals surface area (Å²) < 4.78 is 8.38. The average molecular weight is 345 g/mol. The molecule has 0 unspecified atom stereocenters. The van der Waals surface area contributed by atoms with Crippen molar-refractivity contribution in [1.82, 2.24) is 14.8 Å². The molecule has 25 heavy (non-hydrogen) atoms. The van der Waals surface area contributed by atoms with Crippen LogP contribution in [0.15, 0.2) is 84.9 Å². The summed E-state index contributed by atoms with van der Waals surface area (Å²) in [5.74, 6) is 2.29. The van der Waals surface area contributed by atoms with Gasteiger partial charge in [-0.15, -0.1) is 0 Å². The Morgan fingerprint density at radius 1 is 0.800 bits per heavy atom. The van der Waals surface area contributed by atoms with Crippen LogP contribution in [0.4, 0.5) is 0 Å². The number of para-hydroxylation sites is 2. The molecule has 0 amide bonds. The van der Waals surface area contributed by atoms with Crippen LogP contribution in [0.3, 0.4) is 0 Å².